The number of hydrogen-bond donors (Lipinski definition) is 1. The topological polar surface area (TPSA) is 71.1 Å². The third-order valence-electron chi connectivity index (χ3n) is 7.20. The molecule has 0 radical (unpaired) electrons. The molecule has 204 valence electrons. The lowest BCUT2D eigenvalue weighted by Gasteiger charge is -2.43. The third kappa shape index (κ3) is 5.93. The van der Waals surface area contributed by atoms with E-state index < -0.39 is 17.8 Å². The van der Waals surface area contributed by atoms with E-state index in [0.29, 0.717) is 55.5 Å². The van der Waals surface area contributed by atoms with Crippen molar-refractivity contribution in [1.82, 2.24) is 9.80 Å². The minimum Gasteiger partial charge on any atom is -0.494 e. The number of carbonyl (C=O) groups excluding carboxylic acids is 2. The van der Waals surface area contributed by atoms with Gasteiger partial charge >= 0.3 is 0 Å². The SMILES string of the molecule is CCOc1ccc([C@H]2[C@@H](C(=O)Nc3ccc(F)cc3Cl)c3ccccc3C(=O)N2CCN2CCOCC2)cc1. The number of nitrogens with zero attached hydrogens (tertiary/aromatic N) is 2. The highest BCUT2D eigenvalue weighted by Gasteiger charge is 2.44. The molecule has 0 spiro atoms. The molecule has 1 saturated heterocycles. The van der Waals surface area contributed by atoms with Gasteiger partial charge in [0.05, 0.1) is 42.5 Å². The van der Waals surface area contributed by atoms with Crippen molar-refractivity contribution in [3.05, 3.63) is 94.3 Å². The molecular formula is C30H31ClFN3O4. The predicted octanol–water partition coefficient (Wildman–Crippen LogP) is 5.13. The number of rotatable bonds is 8. The van der Waals surface area contributed by atoms with Crippen molar-refractivity contribution >= 4 is 29.1 Å². The van der Waals surface area contributed by atoms with Crippen LogP contribution in [0.15, 0.2) is 66.7 Å². The Bertz CT molecular complexity index is 1330. The van der Waals surface area contributed by atoms with Gasteiger partial charge in [-0.25, -0.2) is 4.39 Å². The van der Waals surface area contributed by atoms with Crippen LogP contribution in [0.4, 0.5) is 10.1 Å². The van der Waals surface area contributed by atoms with E-state index in [1.807, 2.05) is 43.3 Å². The summed E-state index contributed by atoms with van der Waals surface area (Å²) in [7, 11) is 0. The Hall–Kier alpha value is -3.46. The van der Waals surface area contributed by atoms with Gasteiger partial charge in [-0.05, 0) is 54.4 Å². The van der Waals surface area contributed by atoms with E-state index in [1.54, 1.807) is 17.0 Å². The van der Waals surface area contributed by atoms with Gasteiger partial charge in [0.2, 0.25) is 5.91 Å². The fraction of sp³-hybridized carbons (Fsp3) is 0.333. The van der Waals surface area contributed by atoms with Gasteiger partial charge in [-0.15, -0.1) is 0 Å². The summed E-state index contributed by atoms with van der Waals surface area (Å²) in [6.07, 6.45) is 0. The van der Waals surface area contributed by atoms with E-state index in [4.69, 9.17) is 21.1 Å². The summed E-state index contributed by atoms with van der Waals surface area (Å²) in [6, 6.07) is 18.0. The largest absolute Gasteiger partial charge is 0.494 e. The molecular weight excluding hydrogens is 521 g/mol. The summed E-state index contributed by atoms with van der Waals surface area (Å²) in [4.78, 5) is 32.0. The Morgan fingerprint density at radius 2 is 1.82 bits per heavy atom. The standard InChI is InChI=1S/C30H31ClFN3O4/c1-2-39-22-10-7-20(8-11-22)28-27(29(36)33-26-12-9-21(32)19-25(26)31)23-5-3-4-6-24(23)30(37)35(28)14-13-34-15-17-38-18-16-34/h3-12,19,27-28H,2,13-18H2,1H3,(H,33,36)/t27-,28-/m0/s1. The molecule has 1 N–H and O–H groups in total. The van der Waals surface area contributed by atoms with E-state index in [2.05, 4.69) is 10.2 Å². The summed E-state index contributed by atoms with van der Waals surface area (Å²) in [5.74, 6) is -0.973. The lowest BCUT2D eigenvalue weighted by Crippen LogP contribution is -2.49. The van der Waals surface area contributed by atoms with Gasteiger partial charge in [0, 0.05) is 31.7 Å². The van der Waals surface area contributed by atoms with Crippen LogP contribution in [-0.4, -0.2) is 67.6 Å². The van der Waals surface area contributed by atoms with E-state index in [9.17, 15) is 14.0 Å². The van der Waals surface area contributed by atoms with Gasteiger partial charge in [-0.2, -0.15) is 0 Å². The Kier molecular flexibility index (Phi) is 8.45. The van der Waals surface area contributed by atoms with Crippen molar-refractivity contribution in [3.63, 3.8) is 0 Å². The number of halogens is 2. The van der Waals surface area contributed by atoms with Crippen LogP contribution in [-0.2, 0) is 9.53 Å². The quantitative estimate of drug-likeness (QED) is 0.420. The Balaban J connectivity index is 1.55. The molecule has 2 atom stereocenters. The molecule has 3 aromatic carbocycles. The number of nitrogens with one attached hydrogen (secondary N) is 1. The predicted molar refractivity (Wildman–Crippen MR) is 148 cm³/mol. The maximum Gasteiger partial charge on any atom is 0.254 e. The maximum absolute atomic E-state index is 14.0. The van der Waals surface area contributed by atoms with Crippen molar-refractivity contribution < 1.29 is 23.5 Å². The van der Waals surface area contributed by atoms with E-state index in [0.717, 1.165) is 24.7 Å². The van der Waals surface area contributed by atoms with Crippen LogP contribution < -0.4 is 10.1 Å². The summed E-state index contributed by atoms with van der Waals surface area (Å²) >= 11 is 6.25. The van der Waals surface area contributed by atoms with Gasteiger partial charge in [0.25, 0.3) is 5.91 Å². The first-order valence-electron chi connectivity index (χ1n) is 13.1. The molecule has 2 amide bonds. The van der Waals surface area contributed by atoms with Crippen LogP contribution in [0.2, 0.25) is 5.02 Å². The van der Waals surface area contributed by atoms with Gasteiger partial charge in [0.1, 0.15) is 11.6 Å². The zero-order chi connectivity index (χ0) is 27.4. The minimum atomic E-state index is -0.734. The summed E-state index contributed by atoms with van der Waals surface area (Å²) in [5.41, 5.74) is 2.25. The van der Waals surface area contributed by atoms with Crippen LogP contribution >= 0.6 is 11.6 Å². The average Bonchev–Trinajstić information content (AvgIpc) is 2.95. The van der Waals surface area contributed by atoms with Crippen LogP contribution in [0.1, 0.15) is 40.4 Å². The molecule has 0 saturated carbocycles. The zero-order valence-electron chi connectivity index (χ0n) is 21.7. The second-order valence-electron chi connectivity index (χ2n) is 9.58. The van der Waals surface area contributed by atoms with Crippen LogP contribution in [0.5, 0.6) is 5.75 Å². The first-order chi connectivity index (χ1) is 19.0. The van der Waals surface area contributed by atoms with Gasteiger partial charge in [-0.3, -0.25) is 14.5 Å². The zero-order valence-corrected chi connectivity index (χ0v) is 22.5. The highest BCUT2D eigenvalue weighted by atomic mass is 35.5. The lowest BCUT2D eigenvalue weighted by molar-refractivity contribution is -0.119. The van der Waals surface area contributed by atoms with E-state index >= 15 is 0 Å². The molecule has 2 heterocycles. The van der Waals surface area contributed by atoms with Crippen molar-refractivity contribution in [2.45, 2.75) is 18.9 Å². The molecule has 0 aromatic heterocycles. The lowest BCUT2D eigenvalue weighted by atomic mass is 9.79. The fourth-order valence-electron chi connectivity index (χ4n) is 5.29. The monoisotopic (exact) mass is 551 g/mol. The Labute approximate surface area is 232 Å². The van der Waals surface area contributed by atoms with E-state index in [1.165, 1.54) is 12.1 Å². The van der Waals surface area contributed by atoms with Crippen molar-refractivity contribution in [2.24, 2.45) is 0 Å². The first kappa shape index (κ1) is 27.1. The number of ether oxygens (including phenoxy) is 2. The molecule has 2 aliphatic rings. The Morgan fingerprint density at radius 3 is 2.54 bits per heavy atom. The summed E-state index contributed by atoms with van der Waals surface area (Å²) in [6.45, 7) is 6.43. The molecule has 0 aliphatic carbocycles. The second kappa shape index (κ2) is 12.2. The normalized spacial score (nSPS) is 19.5. The molecule has 0 unspecified atom stereocenters. The maximum atomic E-state index is 14.0. The molecule has 7 nitrogen and oxygen atoms in total. The molecule has 1 fully saturated rings. The smallest absolute Gasteiger partial charge is 0.254 e. The van der Waals surface area contributed by atoms with Gasteiger partial charge < -0.3 is 19.7 Å². The number of hydrogen-bond acceptors (Lipinski definition) is 5. The number of morpholine rings is 1. The summed E-state index contributed by atoms with van der Waals surface area (Å²) in [5, 5.41) is 3.00. The molecule has 3 aromatic rings. The minimum absolute atomic E-state index is 0.102. The number of benzene rings is 3. The van der Waals surface area contributed by atoms with E-state index in [-0.39, 0.29) is 16.8 Å². The number of anilines is 1. The van der Waals surface area contributed by atoms with Crippen molar-refractivity contribution in [2.75, 3.05) is 51.3 Å². The average molecular weight is 552 g/mol. The molecule has 0 bridgehead atoms. The molecule has 2 aliphatic heterocycles. The summed E-state index contributed by atoms with van der Waals surface area (Å²) < 4.78 is 24.8. The van der Waals surface area contributed by atoms with Crippen molar-refractivity contribution in [3.8, 4) is 5.75 Å². The second-order valence-corrected chi connectivity index (χ2v) is 9.98. The highest BCUT2D eigenvalue weighted by Crippen LogP contribution is 2.44. The Morgan fingerprint density at radius 1 is 1.08 bits per heavy atom. The molecule has 39 heavy (non-hydrogen) atoms. The van der Waals surface area contributed by atoms with Gasteiger partial charge in [0.15, 0.2) is 0 Å². The number of fused-ring (bicyclic) bond motifs is 1. The fourth-order valence-corrected chi connectivity index (χ4v) is 5.51. The van der Waals surface area contributed by atoms with Crippen molar-refractivity contribution in [1.29, 1.82) is 0 Å². The van der Waals surface area contributed by atoms with Crippen LogP contribution in [0, 0.1) is 5.82 Å². The van der Waals surface area contributed by atoms with Gasteiger partial charge in [-0.1, -0.05) is 41.9 Å². The number of amides is 2. The molecule has 5 rings (SSSR count). The third-order valence-corrected chi connectivity index (χ3v) is 7.52. The van der Waals surface area contributed by atoms with Crippen LogP contribution in [0.3, 0.4) is 0 Å². The highest BCUT2D eigenvalue weighted by molar-refractivity contribution is 6.33. The first-order valence-corrected chi connectivity index (χ1v) is 13.5. The molecule has 9 heteroatoms. The number of carbonyl (C=O) groups is 2. The van der Waals surface area contributed by atoms with Crippen LogP contribution in [0.25, 0.3) is 0 Å².